The molecule has 0 saturated carbocycles. The third kappa shape index (κ3) is 5.28. The minimum absolute atomic E-state index is 0.0180. The quantitative estimate of drug-likeness (QED) is 0.397. The van der Waals surface area contributed by atoms with E-state index in [1.807, 2.05) is 67.6 Å². The van der Waals surface area contributed by atoms with Crippen molar-refractivity contribution in [3.63, 3.8) is 0 Å². The molecule has 8 heteroatoms. The number of nitrogens with zero attached hydrogens (tertiary/aromatic N) is 2. The van der Waals surface area contributed by atoms with E-state index in [0.29, 0.717) is 6.42 Å². The molecule has 2 aromatic carbocycles. The molecule has 3 rings (SSSR count). The van der Waals surface area contributed by atoms with Gasteiger partial charge in [0.2, 0.25) is 5.78 Å². The van der Waals surface area contributed by atoms with Crippen LogP contribution in [0.4, 0.5) is 5.82 Å². The Morgan fingerprint density at radius 2 is 1.52 bits per heavy atom. The molecule has 0 aliphatic carbocycles. The van der Waals surface area contributed by atoms with Crippen LogP contribution in [0.3, 0.4) is 0 Å². The van der Waals surface area contributed by atoms with Crippen molar-refractivity contribution in [2.45, 2.75) is 32.2 Å². The van der Waals surface area contributed by atoms with E-state index in [0.717, 1.165) is 15.7 Å². The highest BCUT2D eigenvalue weighted by molar-refractivity contribution is 6.01. The fourth-order valence-corrected chi connectivity index (χ4v) is 3.73. The number of esters is 1. The summed E-state index contributed by atoms with van der Waals surface area (Å²) in [4.78, 5) is 50.2. The van der Waals surface area contributed by atoms with E-state index >= 15 is 0 Å². The van der Waals surface area contributed by atoms with Gasteiger partial charge >= 0.3 is 11.7 Å². The van der Waals surface area contributed by atoms with Crippen LogP contribution in [0, 0.1) is 0 Å². The van der Waals surface area contributed by atoms with Crippen molar-refractivity contribution < 1.29 is 14.3 Å². The molecular formula is C25H27N3O5. The Kier molecular flexibility index (Phi) is 7.61. The van der Waals surface area contributed by atoms with E-state index in [1.54, 1.807) is 0 Å². The molecule has 8 nitrogen and oxygen atoms in total. The number of nitrogens with two attached hydrogens (primary N) is 1. The first kappa shape index (κ1) is 23.7. The second kappa shape index (κ2) is 10.6. The lowest BCUT2D eigenvalue weighted by Crippen LogP contribution is -2.43. The molecule has 0 saturated heterocycles. The zero-order valence-electron chi connectivity index (χ0n) is 18.7. The average Bonchev–Trinajstić information content (AvgIpc) is 2.84. The van der Waals surface area contributed by atoms with Gasteiger partial charge in [0.1, 0.15) is 11.4 Å². The molecule has 0 fully saturated rings. The Morgan fingerprint density at radius 1 is 0.970 bits per heavy atom. The largest absolute Gasteiger partial charge is 0.457 e. The molecule has 1 aromatic heterocycles. The Labute approximate surface area is 191 Å². The summed E-state index contributed by atoms with van der Waals surface area (Å²) in [5.41, 5.74) is 6.10. The number of aromatic nitrogens is 2. The zero-order valence-corrected chi connectivity index (χ0v) is 18.7. The third-order valence-electron chi connectivity index (χ3n) is 5.45. The predicted molar refractivity (Wildman–Crippen MR) is 125 cm³/mol. The summed E-state index contributed by atoms with van der Waals surface area (Å²) >= 11 is 0. The number of rotatable bonds is 9. The number of ketones is 1. The lowest BCUT2D eigenvalue weighted by Gasteiger charge is -2.17. The highest BCUT2D eigenvalue weighted by atomic mass is 16.5. The van der Waals surface area contributed by atoms with Crippen molar-refractivity contribution in [3.05, 3.63) is 98.2 Å². The molecule has 0 aliphatic rings. The van der Waals surface area contributed by atoms with Crippen molar-refractivity contribution >= 4 is 17.6 Å². The van der Waals surface area contributed by atoms with Crippen LogP contribution in [0.25, 0.3) is 0 Å². The van der Waals surface area contributed by atoms with Gasteiger partial charge in [-0.15, -0.1) is 0 Å². The minimum Gasteiger partial charge on any atom is -0.457 e. The van der Waals surface area contributed by atoms with Crippen molar-refractivity contribution in [1.29, 1.82) is 0 Å². The summed E-state index contributed by atoms with van der Waals surface area (Å²) in [5, 5.41) is 0. The van der Waals surface area contributed by atoms with Crippen molar-refractivity contribution in [2.24, 2.45) is 7.05 Å². The van der Waals surface area contributed by atoms with Gasteiger partial charge in [-0.2, -0.15) is 0 Å². The van der Waals surface area contributed by atoms with Crippen molar-refractivity contribution in [2.75, 3.05) is 12.3 Å². The number of carbonyl (C=O) groups excluding carboxylic acids is 2. The fraction of sp³-hybridized carbons (Fsp3) is 0.280. The van der Waals surface area contributed by atoms with Gasteiger partial charge in [0, 0.05) is 19.5 Å². The molecule has 0 atom stereocenters. The summed E-state index contributed by atoms with van der Waals surface area (Å²) in [5.74, 6) is -1.79. The van der Waals surface area contributed by atoms with Gasteiger partial charge in [-0.05, 0) is 17.5 Å². The molecule has 33 heavy (non-hydrogen) atoms. The van der Waals surface area contributed by atoms with E-state index < -0.39 is 29.6 Å². The molecule has 172 valence electrons. The first-order chi connectivity index (χ1) is 15.8. The number of hydrogen-bond donors (Lipinski definition) is 1. The third-order valence-corrected chi connectivity index (χ3v) is 5.45. The van der Waals surface area contributed by atoms with Gasteiger partial charge in [-0.3, -0.25) is 23.5 Å². The standard InChI is InChI=1S/C25H27N3O5/c1-3-14-28-23(26)22(24(31)27(2)25(28)32)20(29)16-33-21(30)15-19(17-10-6-4-7-11-17)18-12-8-5-9-13-18/h4-13,19H,3,14-16,26H2,1-2H3. The van der Waals surface area contributed by atoms with Crippen LogP contribution in [-0.2, 0) is 23.1 Å². The lowest BCUT2D eigenvalue weighted by atomic mass is 9.89. The Balaban J connectivity index is 1.78. The topological polar surface area (TPSA) is 113 Å². The maximum atomic E-state index is 12.8. The monoisotopic (exact) mass is 449 g/mol. The van der Waals surface area contributed by atoms with E-state index in [2.05, 4.69) is 0 Å². The number of Topliss-reactive ketones (excluding diaryl/α,β-unsaturated/α-hetero) is 1. The summed E-state index contributed by atoms with van der Waals surface area (Å²) in [6.07, 6.45) is 0.607. The SMILES string of the molecule is CCCn1c(N)c(C(=O)COC(=O)CC(c2ccccc2)c2ccccc2)c(=O)n(C)c1=O. The summed E-state index contributed by atoms with van der Waals surface area (Å²) < 4.78 is 7.25. The van der Waals surface area contributed by atoms with Crippen LogP contribution < -0.4 is 17.0 Å². The first-order valence-corrected chi connectivity index (χ1v) is 10.7. The van der Waals surface area contributed by atoms with E-state index in [9.17, 15) is 19.2 Å². The Morgan fingerprint density at radius 3 is 2.03 bits per heavy atom. The Hall–Kier alpha value is -3.94. The van der Waals surface area contributed by atoms with Crippen LogP contribution in [0.2, 0.25) is 0 Å². The number of benzene rings is 2. The van der Waals surface area contributed by atoms with Crippen molar-refractivity contribution in [1.82, 2.24) is 9.13 Å². The molecule has 0 aliphatic heterocycles. The molecular weight excluding hydrogens is 422 g/mol. The van der Waals surface area contributed by atoms with Gasteiger partial charge in [0.25, 0.3) is 5.56 Å². The molecule has 0 amide bonds. The molecule has 0 unspecified atom stereocenters. The van der Waals surface area contributed by atoms with Gasteiger partial charge in [-0.25, -0.2) is 4.79 Å². The van der Waals surface area contributed by atoms with E-state index in [4.69, 9.17) is 10.5 Å². The van der Waals surface area contributed by atoms with Crippen LogP contribution >= 0.6 is 0 Å². The molecule has 1 heterocycles. The molecule has 3 aromatic rings. The van der Waals surface area contributed by atoms with Gasteiger partial charge in [-0.1, -0.05) is 67.6 Å². The van der Waals surface area contributed by atoms with Crippen molar-refractivity contribution in [3.8, 4) is 0 Å². The molecule has 0 bridgehead atoms. The Bertz CT molecular complexity index is 1210. The predicted octanol–water partition coefficient (Wildman–Crippen LogP) is 2.49. The van der Waals surface area contributed by atoms with E-state index in [1.165, 1.54) is 11.6 Å². The van der Waals surface area contributed by atoms with Crippen LogP contribution in [0.5, 0.6) is 0 Å². The van der Waals surface area contributed by atoms with Gasteiger partial charge in [0.15, 0.2) is 6.61 Å². The van der Waals surface area contributed by atoms with Crippen LogP contribution in [0.15, 0.2) is 70.3 Å². The minimum atomic E-state index is -0.808. The lowest BCUT2D eigenvalue weighted by molar-refractivity contribution is -0.142. The summed E-state index contributed by atoms with van der Waals surface area (Å²) in [6, 6.07) is 19.1. The normalized spacial score (nSPS) is 10.9. The number of carbonyl (C=O) groups is 2. The summed E-state index contributed by atoms with van der Waals surface area (Å²) in [6.45, 7) is 1.46. The highest BCUT2D eigenvalue weighted by Crippen LogP contribution is 2.28. The second-order valence-corrected chi connectivity index (χ2v) is 7.72. The number of ether oxygens (including phenoxy) is 1. The van der Waals surface area contributed by atoms with E-state index in [-0.39, 0.29) is 30.3 Å². The smallest absolute Gasteiger partial charge is 0.332 e. The number of anilines is 1. The summed E-state index contributed by atoms with van der Waals surface area (Å²) in [7, 11) is 1.28. The zero-order chi connectivity index (χ0) is 24.0. The second-order valence-electron chi connectivity index (χ2n) is 7.72. The van der Waals surface area contributed by atoms with Crippen LogP contribution in [-0.4, -0.2) is 27.5 Å². The fourth-order valence-electron chi connectivity index (χ4n) is 3.73. The average molecular weight is 450 g/mol. The first-order valence-electron chi connectivity index (χ1n) is 10.7. The highest BCUT2D eigenvalue weighted by Gasteiger charge is 2.24. The molecule has 0 radical (unpaired) electrons. The maximum absolute atomic E-state index is 12.8. The molecule has 0 spiro atoms. The van der Waals surface area contributed by atoms with Gasteiger partial charge < -0.3 is 10.5 Å². The number of nitrogen functional groups attached to an aromatic ring is 1. The van der Waals surface area contributed by atoms with Crippen LogP contribution in [0.1, 0.15) is 47.2 Å². The number of hydrogen-bond acceptors (Lipinski definition) is 6. The molecule has 2 N–H and O–H groups in total. The van der Waals surface area contributed by atoms with Gasteiger partial charge in [0.05, 0.1) is 6.42 Å². The maximum Gasteiger partial charge on any atom is 0.332 e.